The molecule has 3 fully saturated rings. The van der Waals surface area contributed by atoms with Crippen LogP contribution >= 0.6 is 0 Å². The van der Waals surface area contributed by atoms with Gasteiger partial charge < -0.3 is 25.0 Å². The molecule has 1 aromatic heterocycles. The summed E-state index contributed by atoms with van der Waals surface area (Å²) < 4.78 is 72.6. The number of pyridine rings is 1. The summed E-state index contributed by atoms with van der Waals surface area (Å²) in [5, 5.41) is 5.66. The van der Waals surface area contributed by atoms with Gasteiger partial charge in [-0.25, -0.2) is 27.0 Å². The highest BCUT2D eigenvalue weighted by atomic mass is 32.2. The molecule has 2 saturated carbocycles. The Bertz CT molecular complexity index is 2080. The lowest BCUT2D eigenvalue weighted by molar-refractivity contribution is -0.141. The summed E-state index contributed by atoms with van der Waals surface area (Å²) in [6, 6.07) is 3.91. The Labute approximate surface area is 319 Å². The molecule has 55 heavy (non-hydrogen) atoms. The molecule has 0 radical (unpaired) electrons. The van der Waals surface area contributed by atoms with Gasteiger partial charge >= 0.3 is 6.09 Å². The first-order valence-electron chi connectivity index (χ1n) is 19.0. The fraction of sp³-hybridized carbons (Fsp3) is 0.615. The largest absolute Gasteiger partial charge is 0.483 e. The molecule has 13 nitrogen and oxygen atoms in total. The normalized spacial score (nSPS) is 30.7. The fourth-order valence-electron chi connectivity index (χ4n) is 8.19. The van der Waals surface area contributed by atoms with Crippen LogP contribution in [0.5, 0.6) is 5.75 Å². The number of nitrogens with one attached hydrogen (secondary N) is 3. The van der Waals surface area contributed by atoms with Gasteiger partial charge in [0.05, 0.1) is 34.5 Å². The summed E-state index contributed by atoms with van der Waals surface area (Å²) in [6.45, 7) is 7.69. The average molecular weight is 786 g/mol. The van der Waals surface area contributed by atoms with Crippen LogP contribution in [0, 0.1) is 12.8 Å². The number of hydrogen-bond donors (Lipinski definition) is 3. The fourth-order valence-corrected chi connectivity index (χ4v) is 9.50. The van der Waals surface area contributed by atoms with Crippen molar-refractivity contribution in [1.29, 1.82) is 0 Å². The molecule has 7 rings (SSSR count). The molecule has 0 bridgehead atoms. The van der Waals surface area contributed by atoms with Gasteiger partial charge in [-0.15, -0.1) is 0 Å². The van der Waals surface area contributed by atoms with Crippen molar-refractivity contribution in [2.45, 2.75) is 138 Å². The second-order valence-electron chi connectivity index (χ2n) is 17.2. The first-order chi connectivity index (χ1) is 25.7. The van der Waals surface area contributed by atoms with E-state index in [1.807, 2.05) is 6.08 Å². The van der Waals surface area contributed by atoms with Crippen LogP contribution < -0.4 is 20.1 Å². The predicted octanol–water partition coefficient (Wildman–Crippen LogP) is 5.04. The molecule has 2 aliphatic carbocycles. The van der Waals surface area contributed by atoms with E-state index in [0.29, 0.717) is 44.0 Å². The van der Waals surface area contributed by atoms with E-state index in [1.54, 1.807) is 65.0 Å². The molecule has 0 unspecified atom stereocenters. The van der Waals surface area contributed by atoms with Gasteiger partial charge in [0.15, 0.2) is 5.75 Å². The third-order valence-corrected chi connectivity index (χ3v) is 13.7. The topological polar surface area (TPSA) is 173 Å². The number of aryl methyl sites for hydroxylation is 1. The molecule has 1 saturated heterocycles. The summed E-state index contributed by atoms with van der Waals surface area (Å²) >= 11 is 0. The molecule has 4 amide bonds. The highest BCUT2D eigenvalue weighted by Crippen LogP contribution is 2.54. The Morgan fingerprint density at radius 3 is 2.53 bits per heavy atom. The number of alkyl halides is 2. The Balaban J connectivity index is 1.27. The van der Waals surface area contributed by atoms with Crippen LogP contribution in [-0.4, -0.2) is 82.2 Å². The smallest absolute Gasteiger partial charge is 0.408 e. The van der Waals surface area contributed by atoms with E-state index in [9.17, 15) is 27.6 Å². The van der Waals surface area contributed by atoms with E-state index in [1.165, 1.54) is 0 Å². The standard InChI is InChI=1S/C39H49F2N5O8S/c1-23-30-29(25-14-11-12-15-26(25)42-23)39(40,41)21-37(53-30)20-28-31(47)44-38(33(49)45-55(51,52)36(5)17-18-36)19-24(38)13-9-7-6-8-10-16-27(32(48)46(28)22-37)43-34(50)54-35(2,3)4/h9,11-15,24,27-28H,6-8,10,16-22H2,1-5H3,(H,43,50)(H,44,47)(H,45,49)/b13-9-/t24-,27+,28+,37+,38-/m1/s1. The number of para-hydroxylation sites is 1. The minimum Gasteiger partial charge on any atom is -0.483 e. The van der Waals surface area contributed by atoms with Crippen LogP contribution in [0.3, 0.4) is 0 Å². The van der Waals surface area contributed by atoms with E-state index in [2.05, 4.69) is 20.3 Å². The van der Waals surface area contributed by atoms with Crippen LogP contribution in [0.25, 0.3) is 10.9 Å². The number of ether oxygens (including phenoxy) is 2. The number of halogens is 2. The molecule has 3 aliphatic heterocycles. The van der Waals surface area contributed by atoms with Crippen molar-refractivity contribution < 1.29 is 45.9 Å². The number of sulfonamides is 1. The number of alkyl carbamates (subject to hydrolysis) is 1. The van der Waals surface area contributed by atoms with Crippen LogP contribution in [0.15, 0.2) is 36.4 Å². The number of hydrogen-bond acceptors (Lipinski definition) is 9. The molecule has 16 heteroatoms. The predicted molar refractivity (Wildman–Crippen MR) is 198 cm³/mol. The highest BCUT2D eigenvalue weighted by Gasteiger charge is 2.65. The lowest BCUT2D eigenvalue weighted by Gasteiger charge is -2.40. The van der Waals surface area contributed by atoms with Crippen molar-refractivity contribution in [3.8, 4) is 5.75 Å². The molecular formula is C39H49F2N5O8S. The number of allylic oxidation sites excluding steroid dienone is 1. The highest BCUT2D eigenvalue weighted by molar-refractivity contribution is 7.91. The van der Waals surface area contributed by atoms with Crippen LogP contribution in [0.1, 0.15) is 103 Å². The minimum atomic E-state index is -4.07. The van der Waals surface area contributed by atoms with Gasteiger partial charge in [0, 0.05) is 17.7 Å². The monoisotopic (exact) mass is 785 g/mol. The first-order valence-corrected chi connectivity index (χ1v) is 20.5. The number of carbonyl (C=O) groups is 4. The second kappa shape index (κ2) is 13.4. The molecular weight excluding hydrogens is 737 g/mol. The van der Waals surface area contributed by atoms with Crippen LogP contribution in [0.2, 0.25) is 0 Å². The molecule has 4 heterocycles. The van der Waals surface area contributed by atoms with Gasteiger partial charge in [0.1, 0.15) is 28.8 Å². The quantitative estimate of drug-likeness (QED) is 0.359. The van der Waals surface area contributed by atoms with Crippen LogP contribution in [-0.2, 0) is 35.1 Å². The summed E-state index contributed by atoms with van der Waals surface area (Å²) in [4.78, 5) is 61.8. The van der Waals surface area contributed by atoms with Gasteiger partial charge in [0.2, 0.25) is 21.8 Å². The van der Waals surface area contributed by atoms with Gasteiger partial charge in [-0.3, -0.25) is 19.1 Å². The van der Waals surface area contributed by atoms with Crippen molar-refractivity contribution in [3.63, 3.8) is 0 Å². The summed E-state index contributed by atoms with van der Waals surface area (Å²) in [6.07, 6.45) is 5.16. The van der Waals surface area contributed by atoms with Crippen molar-refractivity contribution >= 4 is 44.7 Å². The third-order valence-electron chi connectivity index (χ3n) is 11.5. The van der Waals surface area contributed by atoms with E-state index >= 15 is 8.78 Å². The summed E-state index contributed by atoms with van der Waals surface area (Å²) in [7, 11) is -4.07. The molecule has 3 N–H and O–H groups in total. The molecule has 5 aliphatic rings. The zero-order chi connectivity index (χ0) is 39.8. The number of amides is 4. The third kappa shape index (κ3) is 7.38. The number of nitrogens with zero attached hydrogens (tertiary/aromatic N) is 2. The van der Waals surface area contributed by atoms with E-state index in [-0.39, 0.29) is 41.7 Å². The molecule has 1 aromatic carbocycles. The van der Waals surface area contributed by atoms with E-state index in [0.717, 1.165) is 4.90 Å². The number of carbonyl (C=O) groups excluding carboxylic acids is 4. The SMILES string of the molecule is Cc1nc2ccccc2c2c1O[C@@]1(C[C@H]3C(=O)N[C@]4(C(=O)NS(=O)(=O)C5(C)CC5)C[C@H]4/C=C\CCCCC[C@H](NC(=O)OC(C)(C)C)C(=O)N3C1)CC2(F)F. The lowest BCUT2D eigenvalue weighted by atomic mass is 9.84. The summed E-state index contributed by atoms with van der Waals surface area (Å²) in [5.74, 6) is -6.57. The maximum atomic E-state index is 16.6. The minimum absolute atomic E-state index is 0.0990. The van der Waals surface area contributed by atoms with Gasteiger partial charge in [-0.05, 0) is 79.2 Å². The molecule has 5 atom stereocenters. The van der Waals surface area contributed by atoms with Crippen molar-refractivity contribution in [1.82, 2.24) is 25.2 Å². The number of rotatable bonds is 4. The van der Waals surface area contributed by atoms with Crippen molar-refractivity contribution in [2.24, 2.45) is 5.92 Å². The summed E-state index contributed by atoms with van der Waals surface area (Å²) in [5.41, 5.74) is -4.05. The molecule has 1 spiro atoms. The number of aromatic nitrogens is 1. The van der Waals surface area contributed by atoms with E-state index < -0.39 is 92.2 Å². The number of fused-ring (bicyclic) bond motifs is 5. The van der Waals surface area contributed by atoms with Crippen molar-refractivity contribution in [2.75, 3.05) is 6.54 Å². The Morgan fingerprint density at radius 2 is 1.82 bits per heavy atom. The Morgan fingerprint density at radius 1 is 1.09 bits per heavy atom. The number of benzene rings is 1. The maximum Gasteiger partial charge on any atom is 0.408 e. The Kier molecular flexibility index (Phi) is 9.48. The average Bonchev–Trinajstić information content (AvgIpc) is 3.97. The lowest BCUT2D eigenvalue weighted by Crippen LogP contribution is -2.58. The zero-order valence-electron chi connectivity index (χ0n) is 31.8. The zero-order valence-corrected chi connectivity index (χ0v) is 32.6. The van der Waals surface area contributed by atoms with Crippen molar-refractivity contribution in [3.05, 3.63) is 47.7 Å². The first kappa shape index (κ1) is 38.9. The Hall–Kier alpha value is -4.34. The van der Waals surface area contributed by atoms with Gasteiger partial charge in [-0.2, -0.15) is 0 Å². The van der Waals surface area contributed by atoms with Crippen LogP contribution in [0.4, 0.5) is 13.6 Å². The van der Waals surface area contributed by atoms with Gasteiger partial charge in [-0.1, -0.05) is 43.2 Å². The molecule has 2 aromatic rings. The van der Waals surface area contributed by atoms with Gasteiger partial charge in [0.25, 0.3) is 11.8 Å². The molecule has 298 valence electrons. The maximum absolute atomic E-state index is 16.6. The van der Waals surface area contributed by atoms with E-state index in [4.69, 9.17) is 9.47 Å². The second-order valence-corrected chi connectivity index (χ2v) is 19.4.